The van der Waals surface area contributed by atoms with E-state index in [1.165, 1.54) is 23.3 Å². The average Bonchev–Trinajstić information content (AvgIpc) is 3.23. The number of unbranched alkanes of at least 4 members (excludes halogenated alkanes) is 1. The second kappa shape index (κ2) is 11.3. The number of H-pyrrole nitrogens is 1. The maximum absolute atomic E-state index is 6.01. The molecule has 0 bridgehead atoms. The molecule has 0 saturated carbocycles. The third-order valence-electron chi connectivity index (χ3n) is 4.90. The SMILES string of the molecule is CCOc1c(SCCCCc2ccccc2)ccnc1CSc1nc2ccccc2[nH]1. The highest BCUT2D eigenvalue weighted by atomic mass is 32.2. The minimum atomic E-state index is 0.634. The fraction of sp³-hybridized carbons (Fsp3) is 0.280. The highest BCUT2D eigenvalue weighted by Gasteiger charge is 2.13. The van der Waals surface area contributed by atoms with Gasteiger partial charge < -0.3 is 9.72 Å². The van der Waals surface area contributed by atoms with Crippen molar-refractivity contribution >= 4 is 34.6 Å². The number of ether oxygens (including phenoxy) is 1. The number of rotatable bonds is 11. The van der Waals surface area contributed by atoms with Crippen LogP contribution in [0.25, 0.3) is 11.0 Å². The molecule has 160 valence electrons. The molecule has 0 fully saturated rings. The van der Waals surface area contributed by atoms with E-state index in [4.69, 9.17) is 4.74 Å². The van der Waals surface area contributed by atoms with E-state index in [9.17, 15) is 0 Å². The van der Waals surface area contributed by atoms with Crippen LogP contribution < -0.4 is 4.74 Å². The van der Waals surface area contributed by atoms with Crippen LogP contribution in [0, 0.1) is 0 Å². The van der Waals surface area contributed by atoms with E-state index in [1.54, 1.807) is 11.8 Å². The Balaban J connectivity index is 1.35. The number of pyridine rings is 1. The summed E-state index contributed by atoms with van der Waals surface area (Å²) in [6, 6.07) is 20.9. The van der Waals surface area contributed by atoms with Crippen molar-refractivity contribution in [2.45, 2.75) is 42.0 Å². The lowest BCUT2D eigenvalue weighted by Gasteiger charge is -2.13. The summed E-state index contributed by atoms with van der Waals surface area (Å²) in [6.45, 7) is 2.66. The minimum absolute atomic E-state index is 0.634. The van der Waals surface area contributed by atoms with Crippen molar-refractivity contribution < 1.29 is 4.74 Å². The van der Waals surface area contributed by atoms with Crippen LogP contribution in [0.3, 0.4) is 0 Å². The van der Waals surface area contributed by atoms with Crippen molar-refractivity contribution in [3.8, 4) is 5.75 Å². The molecule has 0 spiro atoms. The van der Waals surface area contributed by atoms with Gasteiger partial charge in [0, 0.05) is 11.9 Å². The lowest BCUT2D eigenvalue weighted by Crippen LogP contribution is -2.00. The smallest absolute Gasteiger partial charge is 0.166 e. The highest BCUT2D eigenvalue weighted by Crippen LogP contribution is 2.35. The molecule has 0 aliphatic rings. The molecular formula is C25H27N3OS2. The first-order valence-corrected chi connectivity index (χ1v) is 12.7. The molecule has 6 heteroatoms. The quantitative estimate of drug-likeness (QED) is 0.202. The van der Waals surface area contributed by atoms with Crippen molar-refractivity contribution in [1.29, 1.82) is 0 Å². The molecule has 1 N–H and O–H groups in total. The van der Waals surface area contributed by atoms with Crippen LogP contribution in [0.1, 0.15) is 31.0 Å². The predicted molar refractivity (Wildman–Crippen MR) is 131 cm³/mol. The standard InChI is InChI=1S/C25H27N3OS2/c1-2-29-24-22(18-31-25-27-20-13-6-7-14-21(20)28-25)26-16-15-23(24)30-17-9-8-12-19-10-4-3-5-11-19/h3-7,10-11,13-16H,2,8-9,12,17-18H2,1H3,(H,27,28). The van der Waals surface area contributed by atoms with Crippen LogP contribution in [-0.4, -0.2) is 27.3 Å². The van der Waals surface area contributed by atoms with Gasteiger partial charge in [-0.3, -0.25) is 4.98 Å². The normalized spacial score (nSPS) is 11.1. The third kappa shape index (κ3) is 6.05. The lowest BCUT2D eigenvalue weighted by molar-refractivity contribution is 0.327. The Labute approximate surface area is 192 Å². The first kappa shape index (κ1) is 21.8. The third-order valence-corrected chi connectivity index (χ3v) is 6.91. The Bertz CT molecular complexity index is 1070. The van der Waals surface area contributed by atoms with Gasteiger partial charge in [-0.1, -0.05) is 54.2 Å². The Morgan fingerprint density at radius 3 is 2.61 bits per heavy atom. The van der Waals surface area contributed by atoms with E-state index < -0.39 is 0 Å². The van der Waals surface area contributed by atoms with E-state index in [2.05, 4.69) is 51.4 Å². The number of para-hydroxylation sites is 2. The monoisotopic (exact) mass is 449 g/mol. The summed E-state index contributed by atoms with van der Waals surface area (Å²) in [5.74, 6) is 2.71. The van der Waals surface area contributed by atoms with E-state index in [-0.39, 0.29) is 0 Å². The summed E-state index contributed by atoms with van der Waals surface area (Å²) < 4.78 is 6.01. The zero-order valence-electron chi connectivity index (χ0n) is 17.7. The first-order valence-electron chi connectivity index (χ1n) is 10.7. The Hall–Kier alpha value is -2.44. The Kier molecular flexibility index (Phi) is 7.91. The topological polar surface area (TPSA) is 50.8 Å². The molecular weight excluding hydrogens is 422 g/mol. The molecule has 4 rings (SSSR count). The second-order valence-electron chi connectivity index (χ2n) is 7.16. The number of nitrogens with zero attached hydrogens (tertiary/aromatic N) is 2. The molecule has 31 heavy (non-hydrogen) atoms. The number of aryl methyl sites for hydroxylation is 1. The van der Waals surface area contributed by atoms with Crippen molar-refractivity contribution in [1.82, 2.24) is 15.0 Å². The molecule has 2 heterocycles. The second-order valence-corrected chi connectivity index (χ2v) is 9.26. The fourth-order valence-electron chi connectivity index (χ4n) is 3.38. The van der Waals surface area contributed by atoms with Gasteiger partial charge in [0.05, 0.1) is 28.2 Å². The van der Waals surface area contributed by atoms with Crippen molar-refractivity contribution in [3.05, 3.63) is 78.1 Å². The molecule has 2 aromatic heterocycles. The van der Waals surface area contributed by atoms with Crippen LogP contribution in [-0.2, 0) is 12.2 Å². The van der Waals surface area contributed by atoms with Crippen molar-refractivity contribution in [2.75, 3.05) is 12.4 Å². The number of hydrogen-bond donors (Lipinski definition) is 1. The van der Waals surface area contributed by atoms with Gasteiger partial charge in [-0.05, 0) is 55.7 Å². The summed E-state index contributed by atoms with van der Waals surface area (Å²) in [4.78, 5) is 13.8. The number of thioether (sulfide) groups is 2. The summed E-state index contributed by atoms with van der Waals surface area (Å²) >= 11 is 3.52. The summed E-state index contributed by atoms with van der Waals surface area (Å²) in [7, 11) is 0. The largest absolute Gasteiger partial charge is 0.491 e. The maximum Gasteiger partial charge on any atom is 0.166 e. The number of imidazole rings is 1. The molecule has 0 unspecified atom stereocenters. The van der Waals surface area contributed by atoms with Gasteiger partial charge in [-0.15, -0.1) is 11.8 Å². The molecule has 0 amide bonds. The summed E-state index contributed by atoms with van der Waals surface area (Å²) in [6.07, 6.45) is 5.40. The molecule has 2 aromatic carbocycles. The molecule has 0 atom stereocenters. The van der Waals surface area contributed by atoms with Crippen molar-refractivity contribution in [3.63, 3.8) is 0 Å². The number of hydrogen-bond acceptors (Lipinski definition) is 5. The van der Waals surface area contributed by atoms with Crippen LogP contribution >= 0.6 is 23.5 Å². The number of aromatic nitrogens is 3. The number of nitrogens with one attached hydrogen (secondary N) is 1. The van der Waals surface area contributed by atoms with Crippen LogP contribution in [0.5, 0.6) is 5.75 Å². The molecule has 4 nitrogen and oxygen atoms in total. The zero-order valence-corrected chi connectivity index (χ0v) is 19.3. The Morgan fingerprint density at radius 2 is 1.77 bits per heavy atom. The number of fused-ring (bicyclic) bond motifs is 1. The van der Waals surface area contributed by atoms with E-state index in [0.717, 1.165) is 45.6 Å². The summed E-state index contributed by atoms with van der Waals surface area (Å²) in [5.41, 5.74) is 4.43. The van der Waals surface area contributed by atoms with Gasteiger partial charge in [0.25, 0.3) is 0 Å². The van der Waals surface area contributed by atoms with E-state index in [1.807, 2.05) is 49.1 Å². The van der Waals surface area contributed by atoms with Crippen LogP contribution in [0.2, 0.25) is 0 Å². The maximum atomic E-state index is 6.01. The molecule has 0 radical (unpaired) electrons. The van der Waals surface area contributed by atoms with E-state index in [0.29, 0.717) is 6.61 Å². The average molecular weight is 450 g/mol. The molecule has 0 aliphatic carbocycles. The highest BCUT2D eigenvalue weighted by molar-refractivity contribution is 7.99. The van der Waals surface area contributed by atoms with Gasteiger partial charge in [-0.2, -0.15) is 0 Å². The minimum Gasteiger partial charge on any atom is -0.491 e. The van der Waals surface area contributed by atoms with Crippen molar-refractivity contribution in [2.24, 2.45) is 0 Å². The summed E-state index contributed by atoms with van der Waals surface area (Å²) in [5, 5.41) is 0.907. The lowest BCUT2D eigenvalue weighted by atomic mass is 10.1. The van der Waals surface area contributed by atoms with Gasteiger partial charge in [0.2, 0.25) is 0 Å². The molecule has 0 aliphatic heterocycles. The number of benzene rings is 2. The fourth-order valence-corrected chi connectivity index (χ4v) is 5.24. The van der Waals surface area contributed by atoms with Gasteiger partial charge in [0.15, 0.2) is 10.9 Å². The molecule has 4 aromatic rings. The first-order chi connectivity index (χ1) is 15.3. The predicted octanol–water partition coefficient (Wildman–Crippen LogP) is 6.76. The molecule has 0 saturated heterocycles. The van der Waals surface area contributed by atoms with E-state index >= 15 is 0 Å². The Morgan fingerprint density at radius 1 is 0.935 bits per heavy atom. The van der Waals surface area contributed by atoms with Gasteiger partial charge >= 0.3 is 0 Å². The number of aromatic amines is 1. The van der Waals surface area contributed by atoms with Crippen LogP contribution in [0.4, 0.5) is 0 Å². The zero-order chi connectivity index (χ0) is 21.3. The van der Waals surface area contributed by atoms with Gasteiger partial charge in [-0.25, -0.2) is 4.98 Å². The van der Waals surface area contributed by atoms with Crippen LogP contribution in [0.15, 0.2) is 76.9 Å². The van der Waals surface area contributed by atoms with Gasteiger partial charge in [0.1, 0.15) is 0 Å².